The Morgan fingerprint density at radius 2 is 2.07 bits per heavy atom. The van der Waals surface area contributed by atoms with Crippen molar-refractivity contribution < 1.29 is 9.18 Å². The van der Waals surface area contributed by atoms with Crippen molar-refractivity contribution in [1.29, 1.82) is 0 Å². The van der Waals surface area contributed by atoms with E-state index in [4.69, 9.17) is 4.98 Å². The molecule has 1 unspecified atom stereocenters. The summed E-state index contributed by atoms with van der Waals surface area (Å²) in [6, 6.07) is 6.12. The molecule has 0 bridgehead atoms. The molecular weight excluding hydrogens is 369 g/mol. The third kappa shape index (κ3) is 4.34. The minimum Gasteiger partial charge on any atom is -0.342 e. The molecule has 29 heavy (non-hydrogen) atoms. The average molecular weight is 393 g/mol. The number of benzene rings is 1. The molecule has 1 aromatic carbocycles. The van der Waals surface area contributed by atoms with Gasteiger partial charge < -0.3 is 4.90 Å². The molecule has 0 saturated carbocycles. The number of nitrogens with zero attached hydrogens (tertiary/aromatic N) is 5. The van der Waals surface area contributed by atoms with Crippen LogP contribution < -0.4 is 0 Å². The molecule has 1 saturated heterocycles. The first kappa shape index (κ1) is 19.2. The van der Waals surface area contributed by atoms with Gasteiger partial charge in [-0.1, -0.05) is 19.1 Å². The highest BCUT2D eigenvalue weighted by molar-refractivity contribution is 5.79. The van der Waals surface area contributed by atoms with Crippen LogP contribution >= 0.6 is 0 Å². The summed E-state index contributed by atoms with van der Waals surface area (Å²) in [6.07, 6.45) is 10.2. The summed E-state index contributed by atoms with van der Waals surface area (Å²) >= 11 is 0. The number of likely N-dealkylation sites (tertiary alicyclic amines) is 1. The molecule has 0 aliphatic carbocycles. The number of piperidine rings is 1. The Labute approximate surface area is 169 Å². The monoisotopic (exact) mass is 393 g/mol. The Balaban J connectivity index is 1.47. The van der Waals surface area contributed by atoms with Crippen molar-refractivity contribution in [3.05, 3.63) is 72.0 Å². The molecule has 150 valence electrons. The molecule has 1 fully saturated rings. The zero-order chi connectivity index (χ0) is 20.2. The first-order chi connectivity index (χ1) is 14.1. The predicted molar refractivity (Wildman–Crippen MR) is 107 cm³/mol. The number of aryl methyl sites for hydroxylation is 1. The summed E-state index contributed by atoms with van der Waals surface area (Å²) in [6.45, 7) is 3.43. The smallest absolute Gasteiger partial charge is 0.227 e. The van der Waals surface area contributed by atoms with E-state index in [0.29, 0.717) is 6.54 Å². The molecule has 2 aromatic heterocycles. The summed E-state index contributed by atoms with van der Waals surface area (Å²) < 4.78 is 15.0. The second-order valence-corrected chi connectivity index (χ2v) is 7.35. The van der Waals surface area contributed by atoms with E-state index >= 15 is 0 Å². The third-order valence-electron chi connectivity index (χ3n) is 5.38. The van der Waals surface area contributed by atoms with E-state index in [9.17, 15) is 9.18 Å². The predicted octanol–water partition coefficient (Wildman–Crippen LogP) is 3.31. The number of rotatable bonds is 5. The van der Waals surface area contributed by atoms with E-state index < -0.39 is 0 Å². The minimum absolute atomic E-state index is 0.0632. The maximum Gasteiger partial charge on any atom is 0.227 e. The molecule has 1 aliphatic rings. The van der Waals surface area contributed by atoms with Gasteiger partial charge in [0.05, 0.1) is 18.3 Å². The van der Waals surface area contributed by atoms with E-state index in [2.05, 4.69) is 16.9 Å². The van der Waals surface area contributed by atoms with E-state index in [0.717, 1.165) is 48.7 Å². The van der Waals surface area contributed by atoms with Crippen molar-refractivity contribution in [2.75, 3.05) is 13.1 Å². The highest BCUT2D eigenvalue weighted by Crippen LogP contribution is 2.26. The molecule has 1 aliphatic heterocycles. The van der Waals surface area contributed by atoms with Crippen LogP contribution in [0.2, 0.25) is 0 Å². The summed E-state index contributed by atoms with van der Waals surface area (Å²) in [5, 5.41) is 0. The zero-order valence-corrected chi connectivity index (χ0v) is 16.5. The van der Waals surface area contributed by atoms with E-state index in [1.807, 2.05) is 15.7 Å². The van der Waals surface area contributed by atoms with Gasteiger partial charge in [-0.15, -0.1) is 0 Å². The standard InChI is InChI=1S/C22H24FN5O/c1-2-20-25-9-11-28(20)21-14-24-13-19(26-21)17-4-3-10-27(15-17)22(29)12-16-5-7-18(23)8-6-16/h5-9,11,13-14,17H,2-4,10,12,15H2,1H3. The van der Waals surface area contributed by atoms with Crippen LogP contribution in [-0.4, -0.2) is 43.4 Å². The maximum absolute atomic E-state index is 13.1. The average Bonchev–Trinajstić information content (AvgIpc) is 3.24. The van der Waals surface area contributed by atoms with Crippen LogP contribution in [0.5, 0.6) is 0 Å². The summed E-state index contributed by atoms with van der Waals surface area (Å²) in [5.41, 5.74) is 1.73. The number of hydrogen-bond acceptors (Lipinski definition) is 4. The number of hydrogen-bond donors (Lipinski definition) is 0. The van der Waals surface area contributed by atoms with Crippen molar-refractivity contribution in [1.82, 2.24) is 24.4 Å². The fourth-order valence-corrected chi connectivity index (χ4v) is 3.82. The topological polar surface area (TPSA) is 63.9 Å². The van der Waals surface area contributed by atoms with Gasteiger partial charge in [-0.2, -0.15) is 0 Å². The van der Waals surface area contributed by atoms with Crippen LogP contribution in [0, 0.1) is 5.82 Å². The van der Waals surface area contributed by atoms with E-state index in [-0.39, 0.29) is 24.1 Å². The van der Waals surface area contributed by atoms with Gasteiger partial charge in [0, 0.05) is 44.0 Å². The second-order valence-electron chi connectivity index (χ2n) is 7.35. The number of carbonyl (C=O) groups is 1. The molecule has 3 heterocycles. The van der Waals surface area contributed by atoms with Gasteiger partial charge in [-0.05, 0) is 30.5 Å². The molecule has 6 nitrogen and oxygen atoms in total. The van der Waals surface area contributed by atoms with E-state index in [1.54, 1.807) is 30.7 Å². The number of halogens is 1. The molecule has 0 radical (unpaired) electrons. The first-order valence-electron chi connectivity index (χ1n) is 10.0. The molecule has 0 spiro atoms. The number of amides is 1. The van der Waals surface area contributed by atoms with Crippen LogP contribution in [0.3, 0.4) is 0 Å². The maximum atomic E-state index is 13.1. The molecule has 1 atom stereocenters. The minimum atomic E-state index is -0.290. The molecule has 3 aromatic rings. The van der Waals surface area contributed by atoms with Gasteiger partial charge in [-0.3, -0.25) is 14.3 Å². The Bertz CT molecular complexity index is 985. The Kier molecular flexibility index (Phi) is 5.64. The number of imidazole rings is 1. The fourth-order valence-electron chi connectivity index (χ4n) is 3.82. The lowest BCUT2D eigenvalue weighted by molar-refractivity contribution is -0.131. The third-order valence-corrected chi connectivity index (χ3v) is 5.38. The van der Waals surface area contributed by atoms with Crippen molar-refractivity contribution in [3.63, 3.8) is 0 Å². The normalized spacial score (nSPS) is 16.8. The quantitative estimate of drug-likeness (QED) is 0.667. The number of aromatic nitrogens is 4. The lowest BCUT2D eigenvalue weighted by atomic mass is 9.94. The summed E-state index contributed by atoms with van der Waals surface area (Å²) in [4.78, 5) is 28.2. The van der Waals surface area contributed by atoms with Crippen LogP contribution in [0.1, 0.15) is 42.8 Å². The highest BCUT2D eigenvalue weighted by atomic mass is 19.1. The second kappa shape index (κ2) is 8.51. The molecule has 0 N–H and O–H groups in total. The van der Waals surface area contributed by atoms with Crippen LogP contribution in [0.15, 0.2) is 49.1 Å². The largest absolute Gasteiger partial charge is 0.342 e. The van der Waals surface area contributed by atoms with E-state index in [1.165, 1.54) is 12.1 Å². The van der Waals surface area contributed by atoms with Crippen LogP contribution in [0.25, 0.3) is 5.82 Å². The Hall–Kier alpha value is -3.09. The van der Waals surface area contributed by atoms with Gasteiger partial charge in [0.1, 0.15) is 11.6 Å². The molecular formula is C22H24FN5O. The van der Waals surface area contributed by atoms with Crippen LogP contribution in [-0.2, 0) is 17.6 Å². The van der Waals surface area contributed by atoms with Crippen molar-refractivity contribution >= 4 is 5.91 Å². The Morgan fingerprint density at radius 1 is 1.24 bits per heavy atom. The summed E-state index contributed by atoms with van der Waals surface area (Å²) in [5.74, 6) is 1.62. The van der Waals surface area contributed by atoms with Crippen molar-refractivity contribution in [3.8, 4) is 5.82 Å². The SMILES string of the molecule is CCc1nccn1-c1cncc(C2CCCN(C(=O)Cc3ccc(F)cc3)C2)n1. The van der Waals surface area contributed by atoms with Gasteiger partial charge in [0.2, 0.25) is 5.91 Å². The lowest BCUT2D eigenvalue weighted by Gasteiger charge is -2.32. The van der Waals surface area contributed by atoms with Gasteiger partial charge in [0.25, 0.3) is 0 Å². The summed E-state index contributed by atoms with van der Waals surface area (Å²) in [7, 11) is 0. The van der Waals surface area contributed by atoms with Gasteiger partial charge in [0.15, 0.2) is 5.82 Å². The van der Waals surface area contributed by atoms with Crippen LogP contribution in [0.4, 0.5) is 4.39 Å². The molecule has 1 amide bonds. The fraction of sp³-hybridized carbons (Fsp3) is 0.364. The Morgan fingerprint density at radius 3 is 2.86 bits per heavy atom. The van der Waals surface area contributed by atoms with Crippen molar-refractivity contribution in [2.45, 2.75) is 38.5 Å². The van der Waals surface area contributed by atoms with Gasteiger partial charge >= 0.3 is 0 Å². The van der Waals surface area contributed by atoms with Gasteiger partial charge in [-0.25, -0.2) is 14.4 Å². The zero-order valence-electron chi connectivity index (χ0n) is 16.5. The first-order valence-corrected chi connectivity index (χ1v) is 10.0. The molecule has 7 heteroatoms. The number of carbonyl (C=O) groups excluding carboxylic acids is 1. The molecule has 4 rings (SSSR count). The lowest BCUT2D eigenvalue weighted by Crippen LogP contribution is -2.40. The van der Waals surface area contributed by atoms with Crippen molar-refractivity contribution in [2.24, 2.45) is 0 Å². The highest BCUT2D eigenvalue weighted by Gasteiger charge is 2.26.